The summed E-state index contributed by atoms with van der Waals surface area (Å²) in [7, 11) is 0. The van der Waals surface area contributed by atoms with E-state index in [1.54, 1.807) is 0 Å². The maximum atomic E-state index is 11.7. The zero-order valence-corrected chi connectivity index (χ0v) is 12.2. The van der Waals surface area contributed by atoms with Crippen LogP contribution in [-0.2, 0) is 19.0 Å². The van der Waals surface area contributed by atoms with E-state index < -0.39 is 11.4 Å². The fourth-order valence-electron chi connectivity index (χ4n) is 1.62. The number of ether oxygens (including phenoxy) is 3. The van der Waals surface area contributed by atoms with E-state index in [1.165, 1.54) is 0 Å². The average molecular weight is 261 g/mol. The lowest BCUT2D eigenvalue weighted by atomic mass is 10.1. The van der Waals surface area contributed by atoms with Crippen molar-refractivity contribution in [1.29, 1.82) is 0 Å². The third-order valence-electron chi connectivity index (χ3n) is 2.26. The fourth-order valence-corrected chi connectivity index (χ4v) is 1.62. The highest BCUT2D eigenvalue weighted by molar-refractivity contribution is 5.69. The molecule has 0 aliphatic carbocycles. The molecule has 0 heterocycles. The van der Waals surface area contributed by atoms with E-state index in [4.69, 9.17) is 19.9 Å². The van der Waals surface area contributed by atoms with Gasteiger partial charge in [-0.15, -0.1) is 0 Å². The van der Waals surface area contributed by atoms with Crippen LogP contribution in [0.15, 0.2) is 0 Å². The Labute approximate surface area is 110 Å². The second-order valence-corrected chi connectivity index (χ2v) is 5.07. The Kier molecular flexibility index (Phi) is 7.43. The molecule has 0 saturated carbocycles. The lowest BCUT2D eigenvalue weighted by Crippen LogP contribution is -2.44. The van der Waals surface area contributed by atoms with Gasteiger partial charge in [0.15, 0.2) is 5.79 Å². The summed E-state index contributed by atoms with van der Waals surface area (Å²) >= 11 is 0. The van der Waals surface area contributed by atoms with Gasteiger partial charge in [0, 0.05) is 26.2 Å². The highest BCUT2D eigenvalue weighted by Crippen LogP contribution is 2.20. The lowest BCUT2D eigenvalue weighted by Gasteiger charge is -2.32. The monoisotopic (exact) mass is 261 g/mol. The Morgan fingerprint density at radius 1 is 1.11 bits per heavy atom. The lowest BCUT2D eigenvalue weighted by molar-refractivity contribution is -0.231. The Bertz CT molecular complexity index is 242. The number of esters is 1. The summed E-state index contributed by atoms with van der Waals surface area (Å²) in [5.74, 6) is -1.14. The SMILES string of the molecule is CCOC(CN)(CCC(=O)OC(C)(C)C)OCC. The molecule has 108 valence electrons. The number of carbonyl (C=O) groups excluding carboxylic acids is 1. The first-order chi connectivity index (χ1) is 8.28. The van der Waals surface area contributed by atoms with Gasteiger partial charge in [0.1, 0.15) is 5.60 Å². The van der Waals surface area contributed by atoms with Crippen molar-refractivity contribution in [3.63, 3.8) is 0 Å². The topological polar surface area (TPSA) is 70.8 Å². The fraction of sp³-hybridized carbons (Fsp3) is 0.923. The van der Waals surface area contributed by atoms with Crippen molar-refractivity contribution in [1.82, 2.24) is 0 Å². The molecule has 0 aromatic rings. The van der Waals surface area contributed by atoms with E-state index in [2.05, 4.69) is 0 Å². The van der Waals surface area contributed by atoms with Gasteiger partial charge in [-0.2, -0.15) is 0 Å². The van der Waals surface area contributed by atoms with Crippen LogP contribution in [0.3, 0.4) is 0 Å². The minimum Gasteiger partial charge on any atom is -0.460 e. The minimum atomic E-state index is -0.875. The first-order valence-electron chi connectivity index (χ1n) is 6.48. The van der Waals surface area contributed by atoms with Crippen molar-refractivity contribution >= 4 is 5.97 Å². The van der Waals surface area contributed by atoms with Crippen LogP contribution in [0, 0.1) is 0 Å². The number of carbonyl (C=O) groups is 1. The summed E-state index contributed by atoms with van der Waals surface area (Å²) in [6.07, 6.45) is 0.633. The van der Waals surface area contributed by atoms with E-state index in [0.717, 1.165) is 0 Å². The highest BCUT2D eigenvalue weighted by Gasteiger charge is 2.31. The Hall–Kier alpha value is -0.650. The Morgan fingerprint density at radius 2 is 1.61 bits per heavy atom. The molecule has 0 radical (unpaired) electrons. The number of hydrogen-bond donors (Lipinski definition) is 1. The predicted octanol–water partition coefficient (Wildman–Crippen LogP) is 1.84. The van der Waals surface area contributed by atoms with Crippen LogP contribution in [0.4, 0.5) is 0 Å². The third kappa shape index (κ3) is 6.93. The molecule has 0 bridgehead atoms. The van der Waals surface area contributed by atoms with Crippen molar-refractivity contribution in [3.05, 3.63) is 0 Å². The Morgan fingerprint density at radius 3 is 1.94 bits per heavy atom. The second-order valence-electron chi connectivity index (χ2n) is 5.07. The first-order valence-corrected chi connectivity index (χ1v) is 6.48. The minimum absolute atomic E-state index is 0.220. The van der Waals surface area contributed by atoms with Crippen LogP contribution < -0.4 is 5.73 Å². The van der Waals surface area contributed by atoms with Crippen LogP contribution in [0.1, 0.15) is 47.5 Å². The molecule has 0 saturated heterocycles. The molecule has 18 heavy (non-hydrogen) atoms. The molecule has 0 aromatic heterocycles. The molecule has 0 aliphatic rings. The van der Waals surface area contributed by atoms with Crippen molar-refractivity contribution in [2.24, 2.45) is 5.73 Å². The molecule has 0 unspecified atom stereocenters. The highest BCUT2D eigenvalue weighted by atomic mass is 16.7. The second kappa shape index (κ2) is 7.71. The smallest absolute Gasteiger partial charge is 0.306 e. The number of hydrogen-bond acceptors (Lipinski definition) is 5. The largest absolute Gasteiger partial charge is 0.460 e. The van der Waals surface area contributed by atoms with Crippen LogP contribution in [0.2, 0.25) is 0 Å². The van der Waals surface area contributed by atoms with Crippen LogP contribution >= 0.6 is 0 Å². The third-order valence-corrected chi connectivity index (χ3v) is 2.26. The number of nitrogens with two attached hydrogens (primary N) is 1. The zero-order chi connectivity index (χ0) is 14.2. The molecule has 0 rings (SSSR count). The van der Waals surface area contributed by atoms with Gasteiger partial charge in [0.25, 0.3) is 0 Å². The van der Waals surface area contributed by atoms with Gasteiger partial charge in [-0.3, -0.25) is 4.79 Å². The average Bonchev–Trinajstić information content (AvgIpc) is 2.24. The van der Waals surface area contributed by atoms with E-state index >= 15 is 0 Å². The first kappa shape index (κ1) is 17.4. The summed E-state index contributed by atoms with van der Waals surface area (Å²) in [5, 5.41) is 0. The summed E-state index contributed by atoms with van der Waals surface area (Å²) in [6, 6.07) is 0. The van der Waals surface area contributed by atoms with Crippen LogP contribution in [-0.4, -0.2) is 37.1 Å². The van der Waals surface area contributed by atoms with Gasteiger partial charge in [-0.1, -0.05) is 0 Å². The van der Waals surface area contributed by atoms with Gasteiger partial charge < -0.3 is 19.9 Å². The normalized spacial score (nSPS) is 12.6. The van der Waals surface area contributed by atoms with Crippen molar-refractivity contribution in [2.45, 2.75) is 58.8 Å². The molecule has 0 spiro atoms. The van der Waals surface area contributed by atoms with Crippen LogP contribution in [0.25, 0.3) is 0 Å². The van der Waals surface area contributed by atoms with Gasteiger partial charge in [0.05, 0.1) is 6.42 Å². The molecule has 5 heteroatoms. The summed E-state index contributed by atoms with van der Waals surface area (Å²) < 4.78 is 16.3. The van der Waals surface area contributed by atoms with E-state index in [1.807, 2.05) is 34.6 Å². The molecule has 0 fully saturated rings. The maximum absolute atomic E-state index is 11.7. The zero-order valence-electron chi connectivity index (χ0n) is 12.2. The maximum Gasteiger partial charge on any atom is 0.306 e. The van der Waals surface area contributed by atoms with Gasteiger partial charge in [-0.05, 0) is 34.6 Å². The van der Waals surface area contributed by atoms with E-state index in [9.17, 15) is 4.79 Å². The van der Waals surface area contributed by atoms with Crippen LogP contribution in [0.5, 0.6) is 0 Å². The molecular formula is C13H27NO4. The summed E-state index contributed by atoms with van der Waals surface area (Å²) in [5.41, 5.74) is 5.22. The molecule has 0 amide bonds. The summed E-state index contributed by atoms with van der Waals surface area (Å²) in [6.45, 7) is 10.5. The van der Waals surface area contributed by atoms with Gasteiger partial charge in [0.2, 0.25) is 0 Å². The molecular weight excluding hydrogens is 234 g/mol. The molecule has 5 nitrogen and oxygen atoms in total. The summed E-state index contributed by atoms with van der Waals surface area (Å²) in [4.78, 5) is 11.7. The molecule has 2 N–H and O–H groups in total. The Balaban J connectivity index is 4.37. The van der Waals surface area contributed by atoms with Crippen molar-refractivity contribution < 1.29 is 19.0 Å². The quantitative estimate of drug-likeness (QED) is 0.533. The van der Waals surface area contributed by atoms with Crippen molar-refractivity contribution in [3.8, 4) is 0 Å². The van der Waals surface area contributed by atoms with Gasteiger partial charge >= 0.3 is 5.97 Å². The van der Waals surface area contributed by atoms with E-state index in [-0.39, 0.29) is 18.9 Å². The predicted molar refractivity (Wildman–Crippen MR) is 70.1 cm³/mol. The number of rotatable bonds is 8. The standard InChI is InChI=1S/C13H27NO4/c1-6-16-13(10-14,17-7-2)9-8-11(15)18-12(3,4)5/h6-10,14H2,1-5H3. The molecule has 0 aromatic carbocycles. The van der Waals surface area contributed by atoms with Gasteiger partial charge in [-0.25, -0.2) is 0 Å². The van der Waals surface area contributed by atoms with E-state index in [0.29, 0.717) is 19.6 Å². The molecule has 0 atom stereocenters. The molecule has 0 aliphatic heterocycles. The van der Waals surface area contributed by atoms with Crippen molar-refractivity contribution in [2.75, 3.05) is 19.8 Å².